The molecule has 3 rings (SSSR count). The summed E-state index contributed by atoms with van der Waals surface area (Å²) in [5.41, 5.74) is -0.749. The first-order valence-corrected chi connectivity index (χ1v) is 13.8. The molecule has 1 heterocycles. The van der Waals surface area contributed by atoms with E-state index in [1.807, 2.05) is 6.07 Å². The molecule has 1 aromatic heterocycles. The second kappa shape index (κ2) is 13.6. The average molecular weight is 596 g/mol. The van der Waals surface area contributed by atoms with Crippen LogP contribution in [0.1, 0.15) is 69.2 Å². The zero-order valence-electron chi connectivity index (χ0n) is 25.4. The van der Waals surface area contributed by atoms with Gasteiger partial charge in [0.15, 0.2) is 0 Å². The summed E-state index contributed by atoms with van der Waals surface area (Å²) in [5, 5.41) is 13.2. The summed E-state index contributed by atoms with van der Waals surface area (Å²) < 4.78 is 23.8. The van der Waals surface area contributed by atoms with Crippen molar-refractivity contribution in [1.29, 1.82) is 0 Å². The van der Waals surface area contributed by atoms with E-state index in [-0.39, 0.29) is 30.1 Å². The van der Waals surface area contributed by atoms with Crippen molar-refractivity contribution in [2.45, 2.75) is 65.1 Å². The number of nitrogens with one attached hydrogen (secondary N) is 2. The fourth-order valence-corrected chi connectivity index (χ4v) is 4.38. The average Bonchev–Trinajstić information content (AvgIpc) is 3.47. The summed E-state index contributed by atoms with van der Waals surface area (Å²) in [4.78, 5) is 53.5. The predicted octanol–water partition coefficient (Wildman–Crippen LogP) is 4.02. The highest BCUT2D eigenvalue weighted by Crippen LogP contribution is 2.31. The second-order valence-corrected chi connectivity index (χ2v) is 11.6. The molecule has 0 spiro atoms. The normalized spacial score (nSPS) is 12.4. The summed E-state index contributed by atoms with van der Waals surface area (Å²) in [6.07, 6.45) is -0.797. The van der Waals surface area contributed by atoms with E-state index in [2.05, 4.69) is 25.6 Å². The van der Waals surface area contributed by atoms with Crippen molar-refractivity contribution >= 4 is 23.7 Å². The van der Waals surface area contributed by atoms with Crippen LogP contribution >= 0.6 is 0 Å². The number of nitrogens with zero attached hydrogens (tertiary/aromatic N) is 3. The van der Waals surface area contributed by atoms with Gasteiger partial charge in [-0.2, -0.15) is 0 Å². The van der Waals surface area contributed by atoms with Crippen LogP contribution in [-0.4, -0.2) is 64.0 Å². The molecule has 0 saturated heterocycles. The van der Waals surface area contributed by atoms with Crippen LogP contribution in [0.2, 0.25) is 0 Å². The van der Waals surface area contributed by atoms with Crippen molar-refractivity contribution in [3.63, 3.8) is 0 Å². The number of ether oxygens (including phenoxy) is 1. The number of rotatable bonds is 12. The molecule has 0 saturated carbocycles. The minimum atomic E-state index is -1.40. The standard InChI is InChI=1S/C31H38FN5O6/c1-19(2)24(25(39)26-35-36-27(43-26)30(3,4)21-13-15-22(32)16-14-21)33-23(38)18-37(17-20-11-9-8-10-12-20)28(40)31(5,6)34-29(41)42-7/h8-16,19,24H,17-18H2,1-7H3,(H,33,38)(H,34,41)/t24-/m1/s1. The lowest BCUT2D eigenvalue weighted by Gasteiger charge is -2.32. The summed E-state index contributed by atoms with van der Waals surface area (Å²) in [6.45, 7) is 9.79. The number of ketones is 1. The number of benzene rings is 2. The zero-order valence-corrected chi connectivity index (χ0v) is 25.4. The first-order valence-electron chi connectivity index (χ1n) is 13.8. The molecule has 0 aliphatic rings. The fourth-order valence-electron chi connectivity index (χ4n) is 4.38. The van der Waals surface area contributed by atoms with Crippen LogP contribution in [0.15, 0.2) is 59.0 Å². The molecule has 2 N–H and O–H groups in total. The molecule has 2 aromatic carbocycles. The van der Waals surface area contributed by atoms with Gasteiger partial charge in [-0.05, 0) is 56.9 Å². The molecule has 0 aliphatic carbocycles. The Balaban J connectivity index is 1.80. The molecular weight excluding hydrogens is 557 g/mol. The van der Waals surface area contributed by atoms with Crippen LogP contribution in [0, 0.1) is 11.7 Å². The lowest BCUT2D eigenvalue weighted by molar-refractivity contribution is -0.141. The molecule has 3 amide bonds. The van der Waals surface area contributed by atoms with E-state index < -0.39 is 47.2 Å². The van der Waals surface area contributed by atoms with Crippen LogP contribution in [0.25, 0.3) is 0 Å². The van der Waals surface area contributed by atoms with Gasteiger partial charge < -0.3 is 24.7 Å². The molecule has 3 aromatic rings. The van der Waals surface area contributed by atoms with Crippen molar-refractivity contribution in [2.24, 2.45) is 5.92 Å². The molecule has 230 valence electrons. The van der Waals surface area contributed by atoms with Crippen molar-refractivity contribution in [3.8, 4) is 0 Å². The molecule has 12 heteroatoms. The number of alkyl carbamates (subject to hydrolysis) is 1. The maximum absolute atomic E-state index is 13.5. The van der Waals surface area contributed by atoms with Gasteiger partial charge in [0, 0.05) is 6.54 Å². The SMILES string of the molecule is COC(=O)NC(C)(C)C(=O)N(CC(=O)N[C@@H](C(=O)c1nnc(C(C)(C)c2ccc(F)cc2)o1)C(C)C)Cc1ccccc1. The summed E-state index contributed by atoms with van der Waals surface area (Å²) >= 11 is 0. The minimum Gasteiger partial charge on any atom is -0.453 e. The highest BCUT2D eigenvalue weighted by Gasteiger charge is 2.37. The van der Waals surface area contributed by atoms with Crippen LogP contribution in [0.4, 0.5) is 9.18 Å². The first-order chi connectivity index (χ1) is 20.1. The minimum absolute atomic E-state index is 0.0746. The summed E-state index contributed by atoms with van der Waals surface area (Å²) in [5.74, 6) is -2.62. The number of Topliss-reactive ketones (excluding diaryl/α,β-unsaturated/α-hetero) is 1. The number of aromatic nitrogens is 2. The lowest BCUT2D eigenvalue weighted by Crippen LogP contribution is -2.57. The number of hydrogen-bond donors (Lipinski definition) is 2. The van der Waals surface area contributed by atoms with E-state index in [1.54, 1.807) is 64.1 Å². The monoisotopic (exact) mass is 595 g/mol. The molecule has 0 aliphatic heterocycles. The van der Waals surface area contributed by atoms with Gasteiger partial charge in [-0.1, -0.05) is 56.3 Å². The van der Waals surface area contributed by atoms with Crippen molar-refractivity contribution < 1.29 is 32.7 Å². The van der Waals surface area contributed by atoms with E-state index in [4.69, 9.17) is 4.42 Å². The Hall–Kier alpha value is -4.61. The summed E-state index contributed by atoms with van der Waals surface area (Å²) in [7, 11) is 1.18. The van der Waals surface area contributed by atoms with E-state index in [1.165, 1.54) is 38.0 Å². The highest BCUT2D eigenvalue weighted by atomic mass is 19.1. The third-order valence-electron chi connectivity index (χ3n) is 6.97. The topological polar surface area (TPSA) is 144 Å². The van der Waals surface area contributed by atoms with Gasteiger partial charge in [0.1, 0.15) is 11.4 Å². The van der Waals surface area contributed by atoms with Crippen LogP contribution in [0.5, 0.6) is 0 Å². The first kappa shape index (κ1) is 32.9. The van der Waals surface area contributed by atoms with Gasteiger partial charge in [-0.15, -0.1) is 10.2 Å². The Morgan fingerprint density at radius 3 is 2.19 bits per heavy atom. The van der Waals surface area contributed by atoms with Gasteiger partial charge in [0.05, 0.1) is 25.1 Å². The molecule has 0 fully saturated rings. The summed E-state index contributed by atoms with van der Waals surface area (Å²) in [6, 6.07) is 13.9. The zero-order chi connectivity index (χ0) is 31.9. The maximum Gasteiger partial charge on any atom is 0.407 e. The van der Waals surface area contributed by atoms with E-state index in [9.17, 15) is 23.6 Å². The van der Waals surface area contributed by atoms with E-state index in [0.29, 0.717) is 5.56 Å². The van der Waals surface area contributed by atoms with Gasteiger partial charge >= 0.3 is 6.09 Å². The van der Waals surface area contributed by atoms with Crippen molar-refractivity contribution in [3.05, 3.63) is 83.3 Å². The van der Waals surface area contributed by atoms with Crippen molar-refractivity contribution in [2.75, 3.05) is 13.7 Å². The third kappa shape index (κ3) is 8.24. The molecule has 11 nitrogen and oxygen atoms in total. The van der Waals surface area contributed by atoms with Crippen LogP contribution in [-0.2, 0) is 26.3 Å². The number of methoxy groups -OCH3 is 1. The Morgan fingerprint density at radius 2 is 1.60 bits per heavy atom. The van der Waals surface area contributed by atoms with Crippen LogP contribution in [0.3, 0.4) is 0 Å². The molecular formula is C31H38FN5O6. The molecule has 43 heavy (non-hydrogen) atoms. The highest BCUT2D eigenvalue weighted by molar-refractivity contribution is 5.99. The number of halogens is 1. The number of carbonyl (C=O) groups excluding carboxylic acids is 4. The number of hydrogen-bond acceptors (Lipinski definition) is 8. The quantitative estimate of drug-likeness (QED) is 0.299. The number of amides is 3. The number of carbonyl (C=O) groups is 4. The molecule has 1 atom stereocenters. The Morgan fingerprint density at radius 1 is 0.977 bits per heavy atom. The fraction of sp³-hybridized carbons (Fsp3) is 0.419. The van der Waals surface area contributed by atoms with Crippen molar-refractivity contribution in [1.82, 2.24) is 25.7 Å². The van der Waals surface area contributed by atoms with E-state index >= 15 is 0 Å². The predicted molar refractivity (Wildman–Crippen MR) is 155 cm³/mol. The maximum atomic E-state index is 13.5. The lowest BCUT2D eigenvalue weighted by atomic mass is 9.84. The van der Waals surface area contributed by atoms with E-state index in [0.717, 1.165) is 5.56 Å². The second-order valence-electron chi connectivity index (χ2n) is 11.6. The van der Waals surface area contributed by atoms with Gasteiger partial charge in [0.25, 0.3) is 5.89 Å². The van der Waals surface area contributed by atoms with Gasteiger partial charge in [0.2, 0.25) is 23.5 Å². The molecule has 0 bridgehead atoms. The third-order valence-corrected chi connectivity index (χ3v) is 6.97. The van der Waals surface area contributed by atoms with Gasteiger partial charge in [-0.3, -0.25) is 14.4 Å². The largest absolute Gasteiger partial charge is 0.453 e. The van der Waals surface area contributed by atoms with Gasteiger partial charge in [-0.25, -0.2) is 9.18 Å². The van der Waals surface area contributed by atoms with Crippen LogP contribution < -0.4 is 10.6 Å². The molecule has 0 radical (unpaired) electrons. The Labute approximate surface area is 250 Å². The molecule has 0 unspecified atom stereocenters. The Bertz CT molecular complexity index is 1440. The Kier molecular flexibility index (Phi) is 10.4. The smallest absolute Gasteiger partial charge is 0.407 e.